The van der Waals surface area contributed by atoms with Crippen molar-refractivity contribution in [2.75, 3.05) is 7.11 Å². The Morgan fingerprint density at radius 2 is 1.55 bits per heavy atom. The number of hydrogen-bond donors (Lipinski definition) is 3. The van der Waals surface area contributed by atoms with Crippen LogP contribution in [0.5, 0.6) is 5.75 Å². The van der Waals surface area contributed by atoms with Gasteiger partial charge in [0.2, 0.25) is 0 Å². The van der Waals surface area contributed by atoms with Crippen molar-refractivity contribution >= 4 is 40.5 Å². The molecule has 0 bridgehead atoms. The highest BCUT2D eigenvalue weighted by atomic mass is 35.5. The SMILES string of the molecule is COc1ccc(Cn2c(-c3nc(C(=O)O)c(-c4ccc(C(O)(C(F)(F)F)C(F)(F)F)c(Cl)c4Cl)s3)nnc2C(C)(C)O)cc1. The van der Waals surface area contributed by atoms with Crippen molar-refractivity contribution in [1.82, 2.24) is 19.7 Å². The Morgan fingerprint density at radius 3 is 2.05 bits per heavy atom. The first-order valence-corrected chi connectivity index (χ1v) is 13.7. The molecule has 0 amide bonds. The summed E-state index contributed by atoms with van der Waals surface area (Å²) in [5.74, 6) is -0.994. The number of alkyl halides is 6. The maximum Gasteiger partial charge on any atom is 0.430 e. The third-order valence-electron chi connectivity index (χ3n) is 6.36. The predicted molar refractivity (Wildman–Crippen MR) is 147 cm³/mol. The molecule has 2 aromatic carbocycles. The standard InChI is InChI=1S/C26H20Cl2F6N4O5S/c1-23(2,41)22-37-36-19(38(22)10-11-4-6-12(43-3)7-5-11)20-35-17(21(39)40)18(44-20)13-8-9-14(16(28)15(13)27)24(42,25(29,30)31)26(32,33)34/h4-9,41-42H,10H2,1-3H3,(H,39,40). The Hall–Kier alpha value is -3.44. The predicted octanol–water partition coefficient (Wildman–Crippen LogP) is 6.67. The van der Waals surface area contributed by atoms with E-state index in [2.05, 4.69) is 15.2 Å². The third-order valence-corrected chi connectivity index (χ3v) is 8.32. The molecule has 2 aromatic heterocycles. The van der Waals surface area contributed by atoms with Crippen LogP contribution in [0.25, 0.3) is 21.3 Å². The van der Waals surface area contributed by atoms with Crippen LogP contribution in [0.3, 0.4) is 0 Å². The van der Waals surface area contributed by atoms with Crippen molar-refractivity contribution in [3.8, 4) is 27.0 Å². The van der Waals surface area contributed by atoms with Gasteiger partial charge < -0.3 is 24.6 Å². The first-order chi connectivity index (χ1) is 20.2. The number of aliphatic hydroxyl groups is 2. The van der Waals surface area contributed by atoms with Gasteiger partial charge in [-0.25, -0.2) is 9.78 Å². The summed E-state index contributed by atoms with van der Waals surface area (Å²) < 4.78 is 87.6. The van der Waals surface area contributed by atoms with E-state index in [9.17, 15) is 46.5 Å². The summed E-state index contributed by atoms with van der Waals surface area (Å²) in [5.41, 5.74) is -9.07. The number of rotatable bonds is 8. The Bertz CT molecular complexity index is 1700. The van der Waals surface area contributed by atoms with Gasteiger partial charge in [-0.15, -0.1) is 21.5 Å². The summed E-state index contributed by atoms with van der Waals surface area (Å²) in [4.78, 5) is 16.0. The zero-order chi connectivity index (χ0) is 33.0. The normalized spacial score (nSPS) is 12.9. The van der Waals surface area contributed by atoms with Crippen LogP contribution in [-0.2, 0) is 17.7 Å². The molecule has 0 saturated heterocycles. The largest absolute Gasteiger partial charge is 0.497 e. The fourth-order valence-corrected chi connectivity index (χ4v) is 5.89. The monoisotopic (exact) mass is 684 g/mol. The van der Waals surface area contributed by atoms with E-state index in [1.54, 1.807) is 24.3 Å². The second kappa shape index (κ2) is 11.5. The summed E-state index contributed by atoms with van der Waals surface area (Å²) >= 11 is 12.6. The number of aromatic nitrogens is 4. The van der Waals surface area contributed by atoms with Crippen LogP contribution in [0.1, 0.15) is 41.3 Å². The molecule has 4 aromatic rings. The number of methoxy groups -OCH3 is 1. The minimum absolute atomic E-state index is 0.0148. The molecule has 9 nitrogen and oxygen atoms in total. The molecule has 0 spiro atoms. The van der Waals surface area contributed by atoms with Crippen LogP contribution < -0.4 is 4.74 Å². The van der Waals surface area contributed by atoms with Crippen molar-refractivity contribution in [2.24, 2.45) is 0 Å². The number of thiazole rings is 1. The lowest BCUT2D eigenvalue weighted by Crippen LogP contribution is -2.54. The molecule has 0 aliphatic carbocycles. The quantitative estimate of drug-likeness (QED) is 0.176. The van der Waals surface area contributed by atoms with Gasteiger partial charge in [0.25, 0.3) is 5.60 Å². The molecule has 44 heavy (non-hydrogen) atoms. The first kappa shape index (κ1) is 33.5. The molecule has 3 N–H and O–H groups in total. The molecular formula is C26H20Cl2F6N4O5S. The highest BCUT2D eigenvalue weighted by Gasteiger charge is 2.72. The molecule has 0 saturated carbocycles. The Balaban J connectivity index is 1.89. The zero-order valence-electron chi connectivity index (χ0n) is 22.6. The highest BCUT2D eigenvalue weighted by molar-refractivity contribution is 7.18. The second-order valence-electron chi connectivity index (χ2n) is 9.84. The Kier molecular flexibility index (Phi) is 8.73. The number of hydrogen-bond acceptors (Lipinski definition) is 8. The van der Waals surface area contributed by atoms with Crippen LogP contribution in [0.4, 0.5) is 26.3 Å². The number of halogens is 8. The van der Waals surface area contributed by atoms with E-state index in [4.69, 9.17) is 27.9 Å². The number of carboxylic acid groups (broad SMARTS) is 1. The second-order valence-corrected chi connectivity index (χ2v) is 11.6. The minimum Gasteiger partial charge on any atom is -0.497 e. The van der Waals surface area contributed by atoms with Crippen molar-refractivity contribution in [3.63, 3.8) is 0 Å². The molecule has 4 rings (SSSR count). The molecule has 0 aliphatic heterocycles. The maximum atomic E-state index is 13.5. The number of ether oxygens (including phenoxy) is 1. The summed E-state index contributed by atoms with van der Waals surface area (Å²) in [7, 11) is 1.49. The lowest BCUT2D eigenvalue weighted by molar-refractivity contribution is -0.376. The van der Waals surface area contributed by atoms with Gasteiger partial charge in [-0.2, -0.15) is 26.3 Å². The van der Waals surface area contributed by atoms with Gasteiger partial charge >= 0.3 is 18.3 Å². The number of carbonyl (C=O) groups is 1. The van der Waals surface area contributed by atoms with Gasteiger partial charge in [-0.05, 0) is 31.5 Å². The van der Waals surface area contributed by atoms with Crippen LogP contribution in [0, 0.1) is 0 Å². The van der Waals surface area contributed by atoms with Crippen molar-refractivity contribution < 1.29 is 51.2 Å². The topological polar surface area (TPSA) is 131 Å². The number of nitrogens with zero attached hydrogens (tertiary/aromatic N) is 4. The summed E-state index contributed by atoms with van der Waals surface area (Å²) in [5, 5.41) is 36.2. The highest BCUT2D eigenvalue weighted by Crippen LogP contribution is 2.54. The molecule has 0 radical (unpaired) electrons. The van der Waals surface area contributed by atoms with E-state index in [0.29, 0.717) is 28.7 Å². The van der Waals surface area contributed by atoms with Crippen LogP contribution >= 0.6 is 34.5 Å². The van der Waals surface area contributed by atoms with E-state index in [0.717, 1.165) is 0 Å². The van der Waals surface area contributed by atoms with Gasteiger partial charge in [0.15, 0.2) is 22.4 Å². The Labute approximate surface area is 258 Å². The Morgan fingerprint density at radius 1 is 0.955 bits per heavy atom. The van der Waals surface area contributed by atoms with Crippen LogP contribution in [0.2, 0.25) is 10.0 Å². The number of aromatic carboxylic acids is 1. The van der Waals surface area contributed by atoms with Crippen LogP contribution in [-0.4, -0.2) is 60.5 Å². The van der Waals surface area contributed by atoms with E-state index in [1.165, 1.54) is 25.5 Å². The molecule has 2 heterocycles. The number of carboxylic acids is 1. The van der Waals surface area contributed by atoms with Gasteiger partial charge in [-0.3, -0.25) is 0 Å². The summed E-state index contributed by atoms with van der Waals surface area (Å²) in [6, 6.07) is 7.73. The fraction of sp³-hybridized carbons (Fsp3) is 0.308. The smallest absolute Gasteiger partial charge is 0.430 e. The van der Waals surface area contributed by atoms with Gasteiger partial charge in [-0.1, -0.05) is 47.5 Å². The van der Waals surface area contributed by atoms with Gasteiger partial charge in [0, 0.05) is 11.1 Å². The summed E-state index contributed by atoms with van der Waals surface area (Å²) in [6.07, 6.45) is -12.5. The van der Waals surface area contributed by atoms with Gasteiger partial charge in [0.1, 0.15) is 11.4 Å². The first-order valence-electron chi connectivity index (χ1n) is 12.1. The van der Waals surface area contributed by atoms with E-state index in [1.807, 2.05) is 0 Å². The summed E-state index contributed by atoms with van der Waals surface area (Å²) in [6.45, 7) is 2.94. The molecule has 0 aliphatic rings. The van der Waals surface area contributed by atoms with Crippen molar-refractivity contribution in [3.05, 3.63) is 69.1 Å². The van der Waals surface area contributed by atoms with E-state index >= 15 is 0 Å². The van der Waals surface area contributed by atoms with Crippen LogP contribution in [0.15, 0.2) is 36.4 Å². The molecule has 18 heteroatoms. The zero-order valence-corrected chi connectivity index (χ0v) is 24.9. The minimum atomic E-state index is -6.24. The molecule has 0 unspecified atom stereocenters. The van der Waals surface area contributed by atoms with Gasteiger partial charge in [0.05, 0.1) is 28.6 Å². The number of benzene rings is 2. The fourth-order valence-electron chi connectivity index (χ4n) is 4.19. The average Bonchev–Trinajstić information content (AvgIpc) is 3.53. The molecule has 236 valence electrons. The average molecular weight is 685 g/mol. The van der Waals surface area contributed by atoms with Crippen molar-refractivity contribution in [1.29, 1.82) is 0 Å². The van der Waals surface area contributed by atoms with E-state index < -0.39 is 50.8 Å². The maximum absolute atomic E-state index is 13.5. The molecule has 0 fully saturated rings. The van der Waals surface area contributed by atoms with Crippen molar-refractivity contribution in [2.45, 2.75) is 43.9 Å². The van der Waals surface area contributed by atoms with E-state index in [-0.39, 0.29) is 39.7 Å². The third kappa shape index (κ3) is 5.83. The lowest BCUT2D eigenvalue weighted by atomic mass is 9.91. The molecule has 0 atom stereocenters. The molecular weight excluding hydrogens is 665 g/mol. The lowest BCUT2D eigenvalue weighted by Gasteiger charge is -2.33.